The Kier molecular flexibility index (Phi) is 4.39. The highest BCUT2D eigenvalue weighted by molar-refractivity contribution is 5.08. The second kappa shape index (κ2) is 5.64. The summed E-state index contributed by atoms with van der Waals surface area (Å²) in [6.45, 7) is 2.08. The van der Waals surface area contributed by atoms with Crippen molar-refractivity contribution in [1.29, 1.82) is 0 Å². The van der Waals surface area contributed by atoms with Gasteiger partial charge in [-0.2, -0.15) is 0 Å². The van der Waals surface area contributed by atoms with E-state index < -0.39 is 0 Å². The van der Waals surface area contributed by atoms with Gasteiger partial charge < -0.3 is 16.8 Å². The van der Waals surface area contributed by atoms with Crippen LogP contribution in [0.2, 0.25) is 0 Å². The van der Waals surface area contributed by atoms with Gasteiger partial charge in [-0.3, -0.25) is 4.98 Å². The van der Waals surface area contributed by atoms with Gasteiger partial charge in [0.25, 0.3) is 0 Å². The molecule has 5 N–H and O–H groups in total. The second-order valence-electron chi connectivity index (χ2n) is 2.98. The van der Waals surface area contributed by atoms with E-state index in [1.807, 2.05) is 12.1 Å². The summed E-state index contributed by atoms with van der Waals surface area (Å²) in [6.07, 6.45) is 3.56. The fourth-order valence-electron chi connectivity index (χ4n) is 0.986. The largest absolute Gasteiger partial charge is 0.329 e. The van der Waals surface area contributed by atoms with E-state index in [-0.39, 0.29) is 6.04 Å². The van der Waals surface area contributed by atoms with E-state index in [2.05, 4.69) is 10.3 Å². The minimum absolute atomic E-state index is 0.0434. The third-order valence-electron chi connectivity index (χ3n) is 1.79. The summed E-state index contributed by atoms with van der Waals surface area (Å²) in [5.41, 5.74) is 12.2. The summed E-state index contributed by atoms with van der Waals surface area (Å²) in [6, 6.07) is 3.99. The molecular weight excluding hydrogens is 164 g/mol. The van der Waals surface area contributed by atoms with Crippen LogP contribution in [-0.2, 0) is 6.54 Å². The van der Waals surface area contributed by atoms with Crippen LogP contribution >= 0.6 is 0 Å². The number of hydrogen-bond donors (Lipinski definition) is 3. The number of nitrogens with zero attached hydrogens (tertiary/aromatic N) is 1. The number of aromatic nitrogens is 1. The number of hydrogen-bond acceptors (Lipinski definition) is 4. The summed E-state index contributed by atoms with van der Waals surface area (Å²) in [4.78, 5) is 3.93. The van der Waals surface area contributed by atoms with Gasteiger partial charge >= 0.3 is 0 Å². The number of pyridine rings is 1. The number of rotatable bonds is 5. The van der Waals surface area contributed by atoms with Crippen molar-refractivity contribution in [1.82, 2.24) is 10.3 Å². The predicted octanol–water partition coefficient (Wildman–Crippen LogP) is -0.543. The lowest BCUT2D eigenvalue weighted by Gasteiger charge is -2.09. The highest BCUT2D eigenvalue weighted by Crippen LogP contribution is 1.94. The third kappa shape index (κ3) is 3.98. The molecular formula is C9H16N4. The van der Waals surface area contributed by atoms with Crippen molar-refractivity contribution in [3.05, 3.63) is 30.1 Å². The molecule has 0 bridgehead atoms. The molecule has 4 heteroatoms. The molecule has 0 aliphatic rings. The Labute approximate surface area is 78.3 Å². The van der Waals surface area contributed by atoms with Crippen LogP contribution in [-0.4, -0.2) is 24.1 Å². The summed E-state index contributed by atoms with van der Waals surface area (Å²) in [7, 11) is 0. The van der Waals surface area contributed by atoms with Gasteiger partial charge in [-0.15, -0.1) is 0 Å². The number of nitrogens with two attached hydrogens (primary N) is 2. The van der Waals surface area contributed by atoms with Gasteiger partial charge in [-0.05, 0) is 17.7 Å². The monoisotopic (exact) mass is 180 g/mol. The fraction of sp³-hybridized carbons (Fsp3) is 0.444. The van der Waals surface area contributed by atoms with E-state index in [0.29, 0.717) is 6.54 Å². The van der Waals surface area contributed by atoms with E-state index >= 15 is 0 Å². The highest BCUT2D eigenvalue weighted by atomic mass is 14.9. The van der Waals surface area contributed by atoms with Crippen molar-refractivity contribution in [2.24, 2.45) is 11.5 Å². The van der Waals surface area contributed by atoms with E-state index in [1.54, 1.807) is 12.4 Å². The Bertz CT molecular complexity index is 224. The average Bonchev–Trinajstić information content (AvgIpc) is 2.19. The predicted molar refractivity (Wildman–Crippen MR) is 53.0 cm³/mol. The zero-order valence-corrected chi connectivity index (χ0v) is 7.61. The van der Waals surface area contributed by atoms with Crippen molar-refractivity contribution in [2.75, 3.05) is 13.1 Å². The van der Waals surface area contributed by atoms with Crippen LogP contribution < -0.4 is 16.8 Å². The maximum atomic E-state index is 5.64. The molecule has 0 aliphatic heterocycles. The van der Waals surface area contributed by atoms with E-state index in [9.17, 15) is 0 Å². The van der Waals surface area contributed by atoms with Crippen molar-refractivity contribution in [3.63, 3.8) is 0 Å². The van der Waals surface area contributed by atoms with Crippen molar-refractivity contribution < 1.29 is 0 Å². The molecule has 1 heterocycles. The standard InChI is InChI=1S/C9H16N4/c10-5-9(11)7-13-6-8-1-3-12-4-2-8/h1-4,9,13H,5-7,10-11H2. The molecule has 0 saturated carbocycles. The quantitative estimate of drug-likeness (QED) is 0.568. The molecule has 0 amide bonds. The molecule has 0 radical (unpaired) electrons. The zero-order valence-electron chi connectivity index (χ0n) is 7.61. The molecule has 1 unspecified atom stereocenters. The minimum Gasteiger partial charge on any atom is -0.329 e. The van der Waals surface area contributed by atoms with Crippen LogP contribution in [0.15, 0.2) is 24.5 Å². The molecule has 1 rings (SSSR count). The molecule has 72 valence electrons. The SMILES string of the molecule is NCC(N)CNCc1ccncc1. The summed E-state index contributed by atoms with van der Waals surface area (Å²) >= 11 is 0. The second-order valence-corrected chi connectivity index (χ2v) is 2.98. The highest BCUT2D eigenvalue weighted by Gasteiger charge is 1.97. The Morgan fingerprint density at radius 2 is 2.08 bits per heavy atom. The van der Waals surface area contributed by atoms with Crippen LogP contribution in [0.5, 0.6) is 0 Å². The van der Waals surface area contributed by atoms with Crippen molar-refractivity contribution in [3.8, 4) is 0 Å². The zero-order chi connectivity index (χ0) is 9.52. The molecule has 13 heavy (non-hydrogen) atoms. The smallest absolute Gasteiger partial charge is 0.0290 e. The Balaban J connectivity index is 2.20. The topological polar surface area (TPSA) is 77.0 Å². The molecule has 0 aliphatic carbocycles. The van der Waals surface area contributed by atoms with Gasteiger partial charge in [0.15, 0.2) is 0 Å². The van der Waals surface area contributed by atoms with E-state index in [1.165, 1.54) is 5.56 Å². The number of nitrogens with one attached hydrogen (secondary N) is 1. The Hall–Kier alpha value is -0.970. The lowest BCUT2D eigenvalue weighted by molar-refractivity contribution is 0.582. The lowest BCUT2D eigenvalue weighted by Crippen LogP contribution is -2.39. The van der Waals surface area contributed by atoms with Crippen molar-refractivity contribution in [2.45, 2.75) is 12.6 Å². The fourth-order valence-corrected chi connectivity index (χ4v) is 0.986. The van der Waals surface area contributed by atoms with Gasteiger partial charge in [-0.25, -0.2) is 0 Å². The Morgan fingerprint density at radius 3 is 2.69 bits per heavy atom. The first-order valence-electron chi connectivity index (χ1n) is 4.38. The van der Waals surface area contributed by atoms with Gasteiger partial charge in [0.05, 0.1) is 0 Å². The van der Waals surface area contributed by atoms with Crippen LogP contribution in [0.3, 0.4) is 0 Å². The maximum Gasteiger partial charge on any atom is 0.0290 e. The average molecular weight is 180 g/mol. The normalized spacial score (nSPS) is 12.8. The van der Waals surface area contributed by atoms with Crippen LogP contribution in [0, 0.1) is 0 Å². The molecule has 0 fully saturated rings. The molecule has 4 nitrogen and oxygen atoms in total. The Morgan fingerprint density at radius 1 is 1.38 bits per heavy atom. The molecule has 0 aromatic carbocycles. The maximum absolute atomic E-state index is 5.64. The van der Waals surface area contributed by atoms with Gasteiger partial charge in [-0.1, -0.05) is 0 Å². The minimum atomic E-state index is 0.0434. The first kappa shape index (κ1) is 10.1. The summed E-state index contributed by atoms with van der Waals surface area (Å²) in [5.74, 6) is 0. The first-order valence-corrected chi connectivity index (χ1v) is 4.38. The van der Waals surface area contributed by atoms with Crippen molar-refractivity contribution >= 4 is 0 Å². The molecule has 0 spiro atoms. The molecule has 1 aromatic heterocycles. The van der Waals surface area contributed by atoms with Gasteiger partial charge in [0, 0.05) is 38.1 Å². The lowest BCUT2D eigenvalue weighted by atomic mass is 10.2. The third-order valence-corrected chi connectivity index (χ3v) is 1.79. The molecule has 1 aromatic rings. The van der Waals surface area contributed by atoms with Crippen LogP contribution in [0.25, 0.3) is 0 Å². The van der Waals surface area contributed by atoms with Gasteiger partial charge in [0.2, 0.25) is 0 Å². The summed E-state index contributed by atoms with van der Waals surface area (Å²) < 4.78 is 0. The van der Waals surface area contributed by atoms with Gasteiger partial charge in [0.1, 0.15) is 0 Å². The van der Waals surface area contributed by atoms with E-state index in [0.717, 1.165) is 13.1 Å². The first-order chi connectivity index (χ1) is 6.33. The van der Waals surface area contributed by atoms with Crippen LogP contribution in [0.1, 0.15) is 5.56 Å². The van der Waals surface area contributed by atoms with E-state index in [4.69, 9.17) is 11.5 Å². The van der Waals surface area contributed by atoms with Crippen LogP contribution in [0.4, 0.5) is 0 Å². The molecule has 0 saturated heterocycles. The summed E-state index contributed by atoms with van der Waals surface area (Å²) in [5, 5.41) is 3.22. The molecule has 1 atom stereocenters.